The fraction of sp³-hybridized carbons (Fsp3) is 0.250. The van der Waals surface area contributed by atoms with Crippen molar-refractivity contribution in [1.29, 1.82) is 0 Å². The number of nitrogens with zero attached hydrogens (tertiary/aromatic N) is 1. The molecule has 2 N–H and O–H groups in total. The minimum atomic E-state index is -0.902. The average Bonchev–Trinajstić information content (AvgIpc) is 3.42. The van der Waals surface area contributed by atoms with Gasteiger partial charge in [0, 0.05) is 5.56 Å². The third-order valence-corrected chi connectivity index (χ3v) is 6.45. The van der Waals surface area contributed by atoms with Gasteiger partial charge in [-0.1, -0.05) is 29.6 Å². The van der Waals surface area contributed by atoms with E-state index in [-0.39, 0.29) is 17.7 Å². The van der Waals surface area contributed by atoms with Crippen LogP contribution in [-0.2, 0) is 9.59 Å². The number of aliphatic carboxylic acids is 1. The first-order valence-electron chi connectivity index (χ1n) is 8.75. The molecule has 7 heteroatoms. The van der Waals surface area contributed by atoms with Crippen LogP contribution in [0.4, 0.5) is 5.13 Å². The summed E-state index contributed by atoms with van der Waals surface area (Å²) in [6, 6.07) is 7.76. The first kappa shape index (κ1) is 16.3. The van der Waals surface area contributed by atoms with E-state index in [1.807, 2.05) is 36.4 Å². The number of hydrogen-bond donors (Lipinski definition) is 2. The number of aromatic nitrogens is 1. The van der Waals surface area contributed by atoms with Crippen molar-refractivity contribution in [1.82, 2.24) is 4.98 Å². The maximum absolute atomic E-state index is 12.8. The summed E-state index contributed by atoms with van der Waals surface area (Å²) in [7, 11) is 0. The molecule has 1 amide bonds. The van der Waals surface area contributed by atoms with E-state index < -0.39 is 17.8 Å². The summed E-state index contributed by atoms with van der Waals surface area (Å²) in [4.78, 5) is 28.9. The van der Waals surface area contributed by atoms with E-state index in [2.05, 4.69) is 10.3 Å². The molecule has 5 rings (SSSR count). The van der Waals surface area contributed by atoms with E-state index in [0.717, 1.165) is 27.8 Å². The number of anilines is 1. The highest BCUT2D eigenvalue weighted by Gasteiger charge is 2.51. The van der Waals surface area contributed by atoms with Crippen molar-refractivity contribution in [2.75, 3.05) is 5.32 Å². The Morgan fingerprint density at radius 3 is 2.70 bits per heavy atom. The molecule has 0 radical (unpaired) electrons. The number of carboxylic acid groups (broad SMARTS) is 1. The van der Waals surface area contributed by atoms with Crippen molar-refractivity contribution in [2.45, 2.75) is 6.42 Å². The number of nitrogens with one attached hydrogen (secondary N) is 1. The lowest BCUT2D eigenvalue weighted by Crippen LogP contribution is -2.36. The number of rotatable bonds is 4. The number of carbonyl (C=O) groups is 2. The zero-order valence-electron chi connectivity index (χ0n) is 14.2. The van der Waals surface area contributed by atoms with Gasteiger partial charge in [-0.2, -0.15) is 0 Å². The summed E-state index contributed by atoms with van der Waals surface area (Å²) >= 11 is 1.39. The summed E-state index contributed by atoms with van der Waals surface area (Å²) in [5, 5.41) is 12.9. The molecule has 1 aromatic carbocycles. The zero-order chi connectivity index (χ0) is 18.5. The lowest BCUT2D eigenvalue weighted by Gasteiger charge is -2.23. The van der Waals surface area contributed by atoms with E-state index in [1.165, 1.54) is 11.3 Å². The van der Waals surface area contributed by atoms with Crippen LogP contribution in [-0.4, -0.2) is 22.0 Å². The lowest BCUT2D eigenvalue weighted by molar-refractivity contribution is -0.146. The maximum Gasteiger partial charge on any atom is 0.307 e. The minimum Gasteiger partial charge on any atom is -0.481 e. The molecule has 4 unspecified atom stereocenters. The number of carbonyl (C=O) groups excluding carboxylic acids is 1. The third-order valence-electron chi connectivity index (χ3n) is 5.52. The van der Waals surface area contributed by atoms with Crippen LogP contribution < -0.4 is 5.32 Å². The Morgan fingerprint density at radius 1 is 1.15 bits per heavy atom. The molecule has 2 aliphatic carbocycles. The second-order valence-corrected chi connectivity index (χ2v) is 8.07. The van der Waals surface area contributed by atoms with Crippen LogP contribution >= 0.6 is 11.3 Å². The Kier molecular flexibility index (Phi) is 3.65. The van der Waals surface area contributed by atoms with Crippen LogP contribution in [0.3, 0.4) is 0 Å². The summed E-state index contributed by atoms with van der Waals surface area (Å²) in [5.41, 5.74) is 2.79. The van der Waals surface area contributed by atoms with E-state index in [9.17, 15) is 14.7 Å². The topological polar surface area (TPSA) is 92.4 Å². The second-order valence-electron chi connectivity index (χ2n) is 7.04. The molecule has 0 aliphatic heterocycles. The molecule has 4 atom stereocenters. The molecule has 1 fully saturated rings. The number of amides is 1. The Bertz CT molecular complexity index is 1070. The highest BCUT2D eigenvalue weighted by Crippen LogP contribution is 2.48. The van der Waals surface area contributed by atoms with Crippen molar-refractivity contribution >= 4 is 38.6 Å². The van der Waals surface area contributed by atoms with Crippen molar-refractivity contribution < 1.29 is 19.1 Å². The largest absolute Gasteiger partial charge is 0.481 e. The average molecular weight is 380 g/mol. The van der Waals surface area contributed by atoms with E-state index in [0.29, 0.717) is 5.13 Å². The van der Waals surface area contributed by atoms with Gasteiger partial charge in [0.05, 0.1) is 34.6 Å². The van der Waals surface area contributed by atoms with Gasteiger partial charge in [-0.25, -0.2) is 4.98 Å². The molecule has 136 valence electrons. The Hall–Kier alpha value is -2.93. The van der Waals surface area contributed by atoms with Crippen molar-refractivity contribution in [2.24, 2.45) is 23.7 Å². The van der Waals surface area contributed by atoms with Gasteiger partial charge in [-0.05, 0) is 42.0 Å². The fourth-order valence-electron chi connectivity index (χ4n) is 4.29. The molecule has 2 aliphatic rings. The van der Waals surface area contributed by atoms with Crippen LogP contribution in [0.1, 0.15) is 6.42 Å². The maximum atomic E-state index is 12.8. The number of thiazole rings is 1. The Labute approximate surface area is 158 Å². The van der Waals surface area contributed by atoms with Gasteiger partial charge in [0.2, 0.25) is 5.91 Å². The van der Waals surface area contributed by atoms with E-state index in [1.54, 1.807) is 12.5 Å². The van der Waals surface area contributed by atoms with E-state index in [4.69, 9.17) is 4.42 Å². The molecule has 3 aromatic rings. The van der Waals surface area contributed by atoms with Gasteiger partial charge in [-0.15, -0.1) is 0 Å². The number of hydrogen-bond acceptors (Lipinski definition) is 5. The van der Waals surface area contributed by atoms with Crippen molar-refractivity contribution in [3.8, 4) is 11.1 Å². The van der Waals surface area contributed by atoms with E-state index >= 15 is 0 Å². The van der Waals surface area contributed by atoms with Crippen LogP contribution in [0.15, 0.2) is 53.4 Å². The fourth-order valence-corrected chi connectivity index (χ4v) is 5.20. The summed E-state index contributed by atoms with van der Waals surface area (Å²) in [6.07, 6.45) is 7.95. The normalized spacial score (nSPS) is 25.9. The van der Waals surface area contributed by atoms with Gasteiger partial charge in [0.15, 0.2) is 5.13 Å². The monoisotopic (exact) mass is 380 g/mol. The first-order valence-corrected chi connectivity index (χ1v) is 9.57. The van der Waals surface area contributed by atoms with Crippen LogP contribution in [0, 0.1) is 23.7 Å². The van der Waals surface area contributed by atoms with Gasteiger partial charge < -0.3 is 14.8 Å². The standard InChI is InChI=1S/C20H16N2O4S/c23-18(16-11-1-2-12(7-11)17(16)19(24)25)22-20-21-14-4-3-10(8-15(14)27-20)13-5-6-26-9-13/h1-6,8-9,11-12,16-17H,7H2,(H,24,25)(H,21,22,23). The van der Waals surface area contributed by atoms with Gasteiger partial charge >= 0.3 is 5.97 Å². The van der Waals surface area contributed by atoms with Crippen molar-refractivity contribution in [3.63, 3.8) is 0 Å². The molecule has 6 nitrogen and oxygen atoms in total. The number of benzene rings is 1. The molecule has 2 heterocycles. The molecular formula is C20H16N2O4S. The molecule has 0 spiro atoms. The number of allylic oxidation sites excluding steroid dienone is 2. The lowest BCUT2D eigenvalue weighted by atomic mass is 9.82. The smallest absolute Gasteiger partial charge is 0.307 e. The summed E-state index contributed by atoms with van der Waals surface area (Å²) in [5.74, 6) is -2.39. The van der Waals surface area contributed by atoms with Gasteiger partial charge in [0.25, 0.3) is 0 Å². The number of carboxylic acids is 1. The second kappa shape index (κ2) is 6.06. The Balaban J connectivity index is 1.40. The molecule has 2 bridgehead atoms. The highest BCUT2D eigenvalue weighted by molar-refractivity contribution is 7.22. The van der Waals surface area contributed by atoms with Crippen LogP contribution in [0.25, 0.3) is 21.3 Å². The third kappa shape index (κ3) is 2.66. The number of fused-ring (bicyclic) bond motifs is 3. The predicted octanol–water partition coefficient (Wildman–Crippen LogP) is 4.02. The van der Waals surface area contributed by atoms with Gasteiger partial charge in [-0.3, -0.25) is 9.59 Å². The number of furan rings is 1. The predicted molar refractivity (Wildman–Crippen MR) is 101 cm³/mol. The zero-order valence-corrected chi connectivity index (χ0v) is 15.0. The molecule has 27 heavy (non-hydrogen) atoms. The first-order chi connectivity index (χ1) is 13.1. The quantitative estimate of drug-likeness (QED) is 0.667. The summed E-state index contributed by atoms with van der Waals surface area (Å²) < 4.78 is 6.08. The summed E-state index contributed by atoms with van der Waals surface area (Å²) in [6.45, 7) is 0. The van der Waals surface area contributed by atoms with Crippen molar-refractivity contribution in [3.05, 3.63) is 48.9 Å². The Morgan fingerprint density at radius 2 is 1.96 bits per heavy atom. The van der Waals surface area contributed by atoms with Crippen LogP contribution in [0.5, 0.6) is 0 Å². The molecule has 2 aromatic heterocycles. The SMILES string of the molecule is O=C(O)C1C2C=CC(C2)C1C(=O)Nc1nc2ccc(-c3ccoc3)cc2s1. The molecular weight excluding hydrogens is 364 g/mol. The van der Waals surface area contributed by atoms with Gasteiger partial charge in [0.1, 0.15) is 0 Å². The van der Waals surface area contributed by atoms with Crippen LogP contribution in [0.2, 0.25) is 0 Å². The highest BCUT2D eigenvalue weighted by atomic mass is 32.1. The molecule has 0 saturated heterocycles. The molecule has 1 saturated carbocycles. The minimum absolute atomic E-state index is 0.00169.